The molecule has 0 spiro atoms. The Balaban J connectivity index is 2.48. The molecule has 2 rings (SSSR count). The second-order valence-corrected chi connectivity index (χ2v) is 4.93. The zero-order valence-corrected chi connectivity index (χ0v) is 11.7. The first-order chi connectivity index (χ1) is 9.40. The highest BCUT2D eigenvalue weighted by atomic mass is 35.5. The van der Waals surface area contributed by atoms with Crippen LogP contribution in [0.4, 0.5) is 8.78 Å². The maximum absolute atomic E-state index is 12.8. The lowest BCUT2D eigenvalue weighted by Crippen LogP contribution is -2.27. The minimum absolute atomic E-state index is 0.0728. The van der Waals surface area contributed by atoms with Crippen LogP contribution in [0, 0.1) is 0 Å². The molecule has 0 atom stereocenters. The predicted molar refractivity (Wildman–Crippen MR) is 70.2 cm³/mol. The van der Waals surface area contributed by atoms with Crippen molar-refractivity contribution in [1.82, 2.24) is 19.1 Å². The molecule has 2 heterocycles. The molecule has 0 radical (unpaired) electrons. The van der Waals surface area contributed by atoms with Crippen LogP contribution in [0.5, 0.6) is 0 Å². The van der Waals surface area contributed by atoms with Gasteiger partial charge in [0.15, 0.2) is 0 Å². The lowest BCUT2D eigenvalue weighted by atomic mass is 10.2. The Morgan fingerprint density at radius 1 is 1.40 bits per heavy atom. The van der Waals surface area contributed by atoms with E-state index in [2.05, 4.69) is 9.97 Å². The molecule has 0 saturated heterocycles. The van der Waals surface area contributed by atoms with Crippen molar-refractivity contribution >= 4 is 11.6 Å². The van der Waals surface area contributed by atoms with E-state index in [0.717, 1.165) is 6.07 Å². The number of rotatable bonds is 4. The summed E-state index contributed by atoms with van der Waals surface area (Å²) in [6.45, 7) is 0.905. The highest BCUT2D eigenvalue weighted by Crippen LogP contribution is 2.16. The van der Waals surface area contributed by atoms with Crippen molar-refractivity contribution in [2.24, 2.45) is 0 Å². The molecule has 0 aliphatic heterocycles. The van der Waals surface area contributed by atoms with Gasteiger partial charge in [-0.05, 0) is 0 Å². The molecule has 0 N–H and O–H groups in total. The van der Waals surface area contributed by atoms with E-state index < -0.39 is 12.1 Å². The van der Waals surface area contributed by atoms with E-state index in [1.54, 1.807) is 0 Å². The maximum Gasteiger partial charge on any atom is 0.319 e. The Labute approximate surface area is 118 Å². The summed E-state index contributed by atoms with van der Waals surface area (Å²) in [5.74, 6) is 0.454. The van der Waals surface area contributed by atoms with Crippen molar-refractivity contribution in [1.29, 1.82) is 0 Å². The Morgan fingerprint density at radius 3 is 2.70 bits per heavy atom. The van der Waals surface area contributed by atoms with Crippen molar-refractivity contribution in [3.05, 3.63) is 45.6 Å². The van der Waals surface area contributed by atoms with Gasteiger partial charge in [0, 0.05) is 24.4 Å². The van der Waals surface area contributed by atoms with Crippen LogP contribution in [-0.2, 0) is 6.54 Å². The van der Waals surface area contributed by atoms with Gasteiger partial charge in [-0.15, -0.1) is 0 Å². The maximum atomic E-state index is 12.8. The third-order valence-electron chi connectivity index (χ3n) is 2.78. The molecule has 2 aromatic rings. The van der Waals surface area contributed by atoms with E-state index in [1.807, 2.05) is 13.8 Å². The topological polar surface area (TPSA) is 52.7 Å². The molecular weight excluding hydrogens is 290 g/mol. The van der Waals surface area contributed by atoms with E-state index in [9.17, 15) is 13.6 Å². The van der Waals surface area contributed by atoms with E-state index in [1.165, 1.54) is 17.0 Å². The van der Waals surface area contributed by atoms with Crippen molar-refractivity contribution in [2.45, 2.75) is 32.9 Å². The quantitative estimate of drug-likeness (QED) is 0.816. The van der Waals surface area contributed by atoms with Gasteiger partial charge in [0.25, 0.3) is 5.56 Å². The predicted octanol–water partition coefficient (Wildman–Crippen LogP) is 2.66. The molecule has 5 nitrogen and oxygen atoms in total. The van der Waals surface area contributed by atoms with Crippen molar-refractivity contribution in [2.75, 3.05) is 0 Å². The van der Waals surface area contributed by atoms with Crippen LogP contribution in [-0.4, -0.2) is 19.1 Å². The Kier molecular flexibility index (Phi) is 4.17. The van der Waals surface area contributed by atoms with Gasteiger partial charge >= 0.3 is 6.55 Å². The number of aromatic nitrogens is 4. The summed E-state index contributed by atoms with van der Waals surface area (Å²) < 4.78 is 27.6. The van der Waals surface area contributed by atoms with E-state index in [-0.39, 0.29) is 23.4 Å². The van der Waals surface area contributed by atoms with Crippen LogP contribution < -0.4 is 5.56 Å². The average molecular weight is 303 g/mol. The molecule has 0 unspecified atom stereocenters. The summed E-state index contributed by atoms with van der Waals surface area (Å²) in [5, 5.41) is 0.0900. The number of imidazole rings is 1. The van der Waals surface area contributed by atoms with Gasteiger partial charge in [-0.2, -0.15) is 8.78 Å². The zero-order valence-electron chi connectivity index (χ0n) is 10.9. The van der Waals surface area contributed by atoms with Gasteiger partial charge in [-0.1, -0.05) is 25.4 Å². The van der Waals surface area contributed by atoms with Gasteiger partial charge in [0.2, 0.25) is 0 Å². The second-order valence-electron chi connectivity index (χ2n) is 4.54. The van der Waals surface area contributed by atoms with Gasteiger partial charge in [0.05, 0.1) is 6.54 Å². The number of nitrogens with zero attached hydrogens (tertiary/aromatic N) is 4. The van der Waals surface area contributed by atoms with Crippen molar-refractivity contribution < 1.29 is 8.78 Å². The fourth-order valence-corrected chi connectivity index (χ4v) is 2.06. The molecule has 2 aromatic heterocycles. The summed E-state index contributed by atoms with van der Waals surface area (Å²) in [6.07, 6.45) is 2.44. The van der Waals surface area contributed by atoms with E-state index in [0.29, 0.717) is 10.4 Å². The van der Waals surface area contributed by atoms with Crippen LogP contribution >= 0.6 is 11.6 Å². The first-order valence-electron chi connectivity index (χ1n) is 5.97. The average Bonchev–Trinajstić information content (AvgIpc) is 2.80. The van der Waals surface area contributed by atoms with Crippen molar-refractivity contribution in [3.63, 3.8) is 0 Å². The molecule has 0 aliphatic carbocycles. The van der Waals surface area contributed by atoms with Crippen LogP contribution in [0.25, 0.3) is 0 Å². The largest absolute Gasteiger partial charge is 0.319 e. The lowest BCUT2D eigenvalue weighted by molar-refractivity contribution is 0.0666. The smallest absolute Gasteiger partial charge is 0.289 e. The Morgan fingerprint density at radius 2 is 2.10 bits per heavy atom. The summed E-state index contributed by atoms with van der Waals surface area (Å²) >= 11 is 5.76. The minimum atomic E-state index is -2.70. The molecule has 0 saturated carbocycles. The monoisotopic (exact) mass is 302 g/mol. The highest BCUT2D eigenvalue weighted by molar-refractivity contribution is 6.29. The number of hydrogen-bond donors (Lipinski definition) is 0. The van der Waals surface area contributed by atoms with Crippen LogP contribution in [0.2, 0.25) is 5.15 Å². The van der Waals surface area contributed by atoms with Crippen LogP contribution in [0.3, 0.4) is 0 Å². The van der Waals surface area contributed by atoms with Gasteiger partial charge < -0.3 is 0 Å². The SMILES string of the molecule is CC(C)c1nc(Cl)cc(=O)n1Cc1nccn1C(F)F. The molecule has 0 amide bonds. The molecule has 8 heteroatoms. The number of halogens is 3. The first-order valence-corrected chi connectivity index (χ1v) is 6.35. The summed E-state index contributed by atoms with van der Waals surface area (Å²) in [4.78, 5) is 19.9. The van der Waals surface area contributed by atoms with Crippen molar-refractivity contribution in [3.8, 4) is 0 Å². The first kappa shape index (κ1) is 14.6. The summed E-state index contributed by atoms with van der Waals surface area (Å²) in [6, 6.07) is 1.16. The lowest BCUT2D eigenvalue weighted by Gasteiger charge is -2.15. The number of alkyl halides is 2. The molecular formula is C12H13ClF2N4O. The summed E-state index contributed by atoms with van der Waals surface area (Å²) in [7, 11) is 0. The molecule has 0 fully saturated rings. The second kappa shape index (κ2) is 5.70. The number of hydrogen-bond acceptors (Lipinski definition) is 3. The van der Waals surface area contributed by atoms with E-state index in [4.69, 9.17) is 11.6 Å². The fraction of sp³-hybridized carbons (Fsp3) is 0.417. The Bertz CT molecular complexity index is 666. The fourth-order valence-electron chi connectivity index (χ4n) is 1.88. The van der Waals surface area contributed by atoms with Gasteiger partial charge in [-0.3, -0.25) is 13.9 Å². The van der Waals surface area contributed by atoms with Gasteiger partial charge in [0.1, 0.15) is 16.8 Å². The Hall–Kier alpha value is -1.76. The summed E-state index contributed by atoms with van der Waals surface area (Å²) in [5.41, 5.74) is -0.391. The molecule has 108 valence electrons. The minimum Gasteiger partial charge on any atom is -0.289 e. The molecule has 0 aromatic carbocycles. The molecule has 20 heavy (non-hydrogen) atoms. The van der Waals surface area contributed by atoms with E-state index >= 15 is 0 Å². The zero-order chi connectivity index (χ0) is 14.9. The normalized spacial score (nSPS) is 11.6. The molecule has 0 aliphatic rings. The highest BCUT2D eigenvalue weighted by Gasteiger charge is 2.16. The van der Waals surface area contributed by atoms with Gasteiger partial charge in [-0.25, -0.2) is 9.97 Å². The van der Waals surface area contributed by atoms with Crippen LogP contribution in [0.15, 0.2) is 23.3 Å². The third-order valence-corrected chi connectivity index (χ3v) is 2.98. The third kappa shape index (κ3) is 2.87. The standard InChI is InChI=1S/C12H13ClF2N4O/c1-7(2)11-17-8(13)5-10(20)19(11)6-9-16-3-4-18(9)12(14)15/h3-5,7,12H,6H2,1-2H3. The molecule has 0 bridgehead atoms. The van der Waals surface area contributed by atoms with Crippen LogP contribution in [0.1, 0.15) is 38.0 Å².